The Labute approximate surface area is 191 Å². The van der Waals surface area contributed by atoms with Crippen LogP contribution >= 0.6 is 0 Å². The highest BCUT2D eigenvalue weighted by molar-refractivity contribution is 6.05. The topological polar surface area (TPSA) is 80.7 Å². The van der Waals surface area contributed by atoms with Crippen LogP contribution in [-0.4, -0.2) is 51.4 Å². The van der Waals surface area contributed by atoms with Crippen LogP contribution in [0.1, 0.15) is 29.7 Å². The number of benzene rings is 2. The molecule has 2 aliphatic rings. The Hall–Kier alpha value is -3.94. The van der Waals surface area contributed by atoms with E-state index in [1.807, 2.05) is 31.3 Å². The van der Waals surface area contributed by atoms with Crippen LogP contribution in [0, 0.1) is 18.2 Å². The first-order valence-corrected chi connectivity index (χ1v) is 11.0. The molecule has 2 N–H and O–H groups in total. The highest BCUT2D eigenvalue weighted by Crippen LogP contribution is 2.32. The summed E-state index contributed by atoms with van der Waals surface area (Å²) in [5, 5.41) is 23.1. The molecule has 7 nitrogen and oxygen atoms in total. The second-order valence-electron chi connectivity index (χ2n) is 8.20. The van der Waals surface area contributed by atoms with Gasteiger partial charge in [-0.2, -0.15) is 0 Å². The molecule has 33 heavy (non-hydrogen) atoms. The second kappa shape index (κ2) is 8.54. The van der Waals surface area contributed by atoms with Crippen LogP contribution in [0.3, 0.4) is 0 Å². The molecule has 3 aromatic rings. The highest BCUT2D eigenvalue weighted by atomic mass is 19.1. The summed E-state index contributed by atoms with van der Waals surface area (Å²) in [4.78, 5) is 9.02. The second-order valence-corrected chi connectivity index (χ2v) is 8.20. The van der Waals surface area contributed by atoms with E-state index < -0.39 is 0 Å². The molecule has 168 valence electrons. The van der Waals surface area contributed by atoms with Crippen molar-refractivity contribution in [3.05, 3.63) is 77.1 Å². The largest absolute Gasteiger partial charge is 0.505 e. The first-order chi connectivity index (χ1) is 16.0. The van der Waals surface area contributed by atoms with Gasteiger partial charge in [-0.1, -0.05) is 6.07 Å². The molecular weight excluding hydrogens is 419 g/mol. The average molecular weight is 445 g/mol. The van der Waals surface area contributed by atoms with Crippen molar-refractivity contribution in [3.8, 4) is 11.4 Å². The van der Waals surface area contributed by atoms with Gasteiger partial charge in [-0.15, -0.1) is 0 Å². The molecule has 0 unspecified atom stereocenters. The molecule has 1 saturated heterocycles. The van der Waals surface area contributed by atoms with E-state index in [1.165, 1.54) is 18.3 Å². The van der Waals surface area contributed by atoms with Crippen LogP contribution in [0.15, 0.2) is 59.5 Å². The molecule has 0 bridgehead atoms. The Morgan fingerprint density at radius 3 is 2.64 bits per heavy atom. The summed E-state index contributed by atoms with van der Waals surface area (Å²) in [5.74, 6) is 0.682. The number of hydrogen-bond acceptors (Lipinski definition) is 6. The predicted molar refractivity (Wildman–Crippen MR) is 128 cm³/mol. The van der Waals surface area contributed by atoms with E-state index in [9.17, 15) is 9.50 Å². The van der Waals surface area contributed by atoms with Gasteiger partial charge in [0.05, 0.1) is 36.5 Å². The van der Waals surface area contributed by atoms with E-state index in [0.29, 0.717) is 17.8 Å². The number of halogens is 1. The quantitative estimate of drug-likeness (QED) is 0.587. The van der Waals surface area contributed by atoms with Crippen LogP contribution in [-0.2, 0) is 0 Å². The van der Waals surface area contributed by atoms with Crippen molar-refractivity contribution in [3.63, 3.8) is 0 Å². The van der Waals surface area contributed by atoms with E-state index in [2.05, 4.69) is 15.0 Å². The van der Waals surface area contributed by atoms with Crippen LogP contribution in [0.2, 0.25) is 0 Å². The maximum Gasteiger partial charge on any atom is 0.148 e. The van der Waals surface area contributed by atoms with Gasteiger partial charge in [0.25, 0.3) is 0 Å². The van der Waals surface area contributed by atoms with Gasteiger partial charge in [0, 0.05) is 24.5 Å². The van der Waals surface area contributed by atoms with Gasteiger partial charge >= 0.3 is 0 Å². The zero-order valence-corrected chi connectivity index (χ0v) is 18.4. The number of aromatic hydroxyl groups is 1. The third-order valence-electron chi connectivity index (χ3n) is 6.03. The number of hydrazine groups is 1. The molecule has 2 aromatic carbocycles. The number of aromatic nitrogens is 2. The Bertz CT molecular complexity index is 1260. The summed E-state index contributed by atoms with van der Waals surface area (Å²) in [5.41, 5.74) is 4.64. The number of anilines is 1. The smallest absolute Gasteiger partial charge is 0.148 e. The van der Waals surface area contributed by atoms with Crippen molar-refractivity contribution in [1.29, 1.82) is 5.41 Å². The van der Waals surface area contributed by atoms with E-state index in [0.717, 1.165) is 54.3 Å². The number of amidine groups is 1. The molecule has 0 atom stereocenters. The fourth-order valence-electron chi connectivity index (χ4n) is 4.45. The lowest BCUT2D eigenvalue weighted by Crippen LogP contribution is -2.53. The minimum absolute atomic E-state index is 0.0444. The van der Waals surface area contributed by atoms with Gasteiger partial charge in [-0.3, -0.25) is 15.0 Å². The Kier molecular flexibility index (Phi) is 5.42. The lowest BCUT2D eigenvalue weighted by Gasteiger charge is -2.44. The molecule has 1 fully saturated rings. The SMILES string of the molecule is Cc1cn(-c2ccc(/C=C3\CCCN4C3=NCCN4c3ccc(F)cc3)c(C=N)c2O)cn1. The number of rotatable bonds is 4. The number of phenols is 1. The van der Waals surface area contributed by atoms with Crippen molar-refractivity contribution < 1.29 is 9.50 Å². The minimum atomic E-state index is -0.253. The lowest BCUT2D eigenvalue weighted by atomic mass is 9.97. The van der Waals surface area contributed by atoms with Crippen molar-refractivity contribution in [1.82, 2.24) is 14.6 Å². The van der Waals surface area contributed by atoms with Gasteiger partial charge < -0.3 is 15.1 Å². The Balaban J connectivity index is 1.50. The number of hydrogen-bond donors (Lipinski definition) is 2. The van der Waals surface area contributed by atoms with Gasteiger partial charge in [0.15, 0.2) is 0 Å². The summed E-state index contributed by atoms with van der Waals surface area (Å²) in [7, 11) is 0. The third kappa shape index (κ3) is 3.88. The van der Waals surface area contributed by atoms with E-state index in [1.54, 1.807) is 23.0 Å². The third-order valence-corrected chi connectivity index (χ3v) is 6.03. The molecule has 8 heteroatoms. The molecule has 0 radical (unpaired) electrons. The molecule has 0 aliphatic carbocycles. The average Bonchev–Trinajstić information content (AvgIpc) is 3.26. The Morgan fingerprint density at radius 1 is 1.09 bits per heavy atom. The fourth-order valence-corrected chi connectivity index (χ4v) is 4.45. The van der Waals surface area contributed by atoms with Crippen molar-refractivity contribution in [2.45, 2.75) is 19.8 Å². The monoisotopic (exact) mass is 444 g/mol. The maximum absolute atomic E-state index is 13.4. The molecule has 3 heterocycles. The number of aliphatic imine (C=N–C) groups is 1. The number of piperidine rings is 1. The first kappa shape index (κ1) is 20.9. The number of nitrogens with one attached hydrogen (secondary N) is 1. The summed E-state index contributed by atoms with van der Waals surface area (Å²) >= 11 is 0. The summed E-state index contributed by atoms with van der Waals surface area (Å²) in [6.07, 6.45) is 8.48. The first-order valence-electron chi connectivity index (χ1n) is 11.0. The lowest BCUT2D eigenvalue weighted by molar-refractivity contribution is 0.348. The van der Waals surface area contributed by atoms with Crippen molar-refractivity contribution in [2.75, 3.05) is 24.6 Å². The number of fused-ring (bicyclic) bond motifs is 1. The fraction of sp³-hybridized carbons (Fsp3) is 0.240. The minimum Gasteiger partial charge on any atom is -0.505 e. The number of aryl methyl sites for hydroxylation is 1. The molecule has 0 spiro atoms. The molecule has 1 aromatic heterocycles. The van der Waals surface area contributed by atoms with Crippen molar-refractivity contribution in [2.24, 2.45) is 4.99 Å². The van der Waals surface area contributed by atoms with Crippen LogP contribution < -0.4 is 5.01 Å². The normalized spacial score (nSPS) is 17.2. The predicted octanol–water partition coefficient (Wildman–Crippen LogP) is 4.34. The maximum atomic E-state index is 13.4. The molecule has 2 aliphatic heterocycles. The highest BCUT2D eigenvalue weighted by Gasteiger charge is 2.29. The van der Waals surface area contributed by atoms with Gasteiger partial charge in [-0.05, 0) is 67.3 Å². The molecular formula is C25H25FN6O. The zero-order chi connectivity index (χ0) is 22.9. The number of phenolic OH excluding ortho intramolecular Hbond substituents is 1. The zero-order valence-electron chi connectivity index (χ0n) is 18.4. The van der Waals surface area contributed by atoms with Gasteiger partial charge in [-0.25, -0.2) is 9.37 Å². The van der Waals surface area contributed by atoms with Crippen LogP contribution in [0.5, 0.6) is 5.75 Å². The van der Waals surface area contributed by atoms with Crippen LogP contribution in [0.25, 0.3) is 11.8 Å². The molecule has 5 rings (SSSR count). The van der Waals surface area contributed by atoms with E-state index in [-0.39, 0.29) is 11.6 Å². The van der Waals surface area contributed by atoms with Crippen molar-refractivity contribution >= 4 is 23.8 Å². The standard InChI is InChI=1S/C25H25FN6O/c1-17-15-30(16-29-17)23-9-4-18(22(14-27)24(23)33)13-19-3-2-11-32-25(19)28-10-12-31(32)21-7-5-20(26)6-8-21/h4-9,13-16,27,33H,2-3,10-12H2,1H3/b19-13+,27-14?. The van der Waals surface area contributed by atoms with E-state index >= 15 is 0 Å². The summed E-state index contributed by atoms with van der Waals surface area (Å²) < 4.78 is 15.2. The number of imidazole rings is 1. The Morgan fingerprint density at radius 2 is 1.91 bits per heavy atom. The number of nitrogens with zero attached hydrogens (tertiary/aromatic N) is 5. The van der Waals surface area contributed by atoms with E-state index in [4.69, 9.17) is 10.4 Å². The van der Waals surface area contributed by atoms with Gasteiger partial charge in [0.1, 0.15) is 17.4 Å². The molecule has 0 saturated carbocycles. The molecule has 0 amide bonds. The summed E-state index contributed by atoms with van der Waals surface area (Å²) in [6.45, 7) is 4.09. The van der Waals surface area contributed by atoms with Gasteiger partial charge in [0.2, 0.25) is 0 Å². The summed E-state index contributed by atoms with van der Waals surface area (Å²) in [6, 6.07) is 10.3. The van der Waals surface area contributed by atoms with Crippen LogP contribution in [0.4, 0.5) is 10.1 Å².